The quantitative estimate of drug-likeness (QED) is 0.431. The van der Waals surface area contributed by atoms with Gasteiger partial charge in [-0.1, -0.05) is 19.4 Å². The molecule has 2 aromatic carbocycles. The molecule has 28 heavy (non-hydrogen) atoms. The molecule has 0 amide bonds. The number of rotatable bonds is 9. The fourth-order valence-corrected chi connectivity index (χ4v) is 3.50. The first-order chi connectivity index (χ1) is 13.2. The summed E-state index contributed by atoms with van der Waals surface area (Å²) in [6.45, 7) is 5.61. The Hall–Kier alpha value is -2.18. The van der Waals surface area contributed by atoms with Gasteiger partial charge in [-0.15, -0.1) is 6.58 Å². The van der Waals surface area contributed by atoms with Crippen LogP contribution >= 0.6 is 0 Å². The van der Waals surface area contributed by atoms with Crippen molar-refractivity contribution < 1.29 is 27.8 Å². The molecule has 2 nitrogen and oxygen atoms in total. The minimum Gasteiger partial charge on any atom is -0.388 e. The van der Waals surface area contributed by atoms with Crippen LogP contribution in [-0.4, -0.2) is 10.2 Å². The lowest BCUT2D eigenvalue weighted by atomic mass is 9.75. The van der Waals surface area contributed by atoms with Crippen LogP contribution in [0.4, 0.5) is 17.6 Å². The van der Waals surface area contributed by atoms with E-state index >= 15 is 0 Å². The van der Waals surface area contributed by atoms with Crippen molar-refractivity contribution >= 4 is 0 Å². The highest BCUT2D eigenvalue weighted by Crippen LogP contribution is 2.40. The van der Waals surface area contributed by atoms with Crippen molar-refractivity contribution in [2.75, 3.05) is 0 Å². The monoisotopic (exact) mass is 396 g/mol. The minimum atomic E-state index is -1.70. The maximum atomic E-state index is 13.8. The molecule has 0 aliphatic heterocycles. The van der Waals surface area contributed by atoms with Gasteiger partial charge in [-0.05, 0) is 54.7 Å². The standard InChI is InChI=1S/C22H24F4O2/c1-3-5-15(4-2)22(28,16-10-19(25)13-20(26)11-16)7-6-21(27)14-8-17(23)12-18(24)9-14/h4,8-13,15,21,27-28H,2-3,5-7H2,1H3/t15-,21-,22+/m1/s1. The van der Waals surface area contributed by atoms with Crippen LogP contribution in [-0.2, 0) is 5.60 Å². The average molecular weight is 396 g/mol. The van der Waals surface area contributed by atoms with Crippen LogP contribution in [0.3, 0.4) is 0 Å². The number of aliphatic hydroxyl groups excluding tert-OH is 1. The van der Waals surface area contributed by atoms with E-state index in [1.54, 1.807) is 0 Å². The predicted octanol–water partition coefficient (Wildman–Crippen LogP) is 5.55. The highest BCUT2D eigenvalue weighted by atomic mass is 19.1. The molecule has 0 radical (unpaired) electrons. The fraction of sp³-hybridized carbons (Fsp3) is 0.364. The molecule has 6 heteroatoms. The van der Waals surface area contributed by atoms with Crippen LogP contribution in [0.2, 0.25) is 0 Å². The summed E-state index contributed by atoms with van der Waals surface area (Å²) in [5.41, 5.74) is -1.65. The number of hydrogen-bond donors (Lipinski definition) is 2. The zero-order valence-corrected chi connectivity index (χ0v) is 15.6. The van der Waals surface area contributed by atoms with Gasteiger partial charge in [-0.25, -0.2) is 17.6 Å². The molecule has 3 atom stereocenters. The number of aliphatic hydroxyl groups is 2. The lowest BCUT2D eigenvalue weighted by Gasteiger charge is -2.36. The molecule has 0 unspecified atom stereocenters. The minimum absolute atomic E-state index is 0.0240. The van der Waals surface area contributed by atoms with Crippen molar-refractivity contribution in [2.24, 2.45) is 5.92 Å². The topological polar surface area (TPSA) is 40.5 Å². The molecule has 0 fully saturated rings. The summed E-state index contributed by atoms with van der Waals surface area (Å²) in [6, 6.07) is 5.50. The van der Waals surface area contributed by atoms with E-state index in [4.69, 9.17) is 0 Å². The number of hydrogen-bond acceptors (Lipinski definition) is 2. The lowest BCUT2D eigenvalue weighted by Crippen LogP contribution is -2.35. The maximum Gasteiger partial charge on any atom is 0.126 e. The van der Waals surface area contributed by atoms with E-state index in [-0.39, 0.29) is 24.0 Å². The third kappa shape index (κ3) is 5.20. The normalized spacial score (nSPS) is 15.7. The number of halogens is 4. The second kappa shape index (κ2) is 9.34. The molecule has 2 rings (SSSR count). The van der Waals surface area contributed by atoms with Crippen molar-refractivity contribution in [1.82, 2.24) is 0 Å². The second-order valence-electron chi connectivity index (χ2n) is 6.97. The molecule has 2 aromatic rings. The van der Waals surface area contributed by atoms with Gasteiger partial charge in [0.15, 0.2) is 0 Å². The SMILES string of the molecule is C=C[C@H](CCC)[C@@](O)(CC[C@@H](O)c1cc(F)cc(F)c1)c1cc(F)cc(F)c1. The van der Waals surface area contributed by atoms with E-state index in [1.807, 2.05) is 6.92 Å². The lowest BCUT2D eigenvalue weighted by molar-refractivity contribution is -0.0293. The summed E-state index contributed by atoms with van der Waals surface area (Å²) in [5.74, 6) is -3.85. The van der Waals surface area contributed by atoms with Crippen molar-refractivity contribution in [1.29, 1.82) is 0 Å². The van der Waals surface area contributed by atoms with E-state index < -0.39 is 40.9 Å². The largest absolute Gasteiger partial charge is 0.388 e. The molecule has 0 saturated heterocycles. The summed E-state index contributed by atoms with van der Waals surface area (Å²) < 4.78 is 54.3. The molecule has 0 spiro atoms. The van der Waals surface area contributed by atoms with Gasteiger partial charge < -0.3 is 10.2 Å². The summed E-state index contributed by atoms with van der Waals surface area (Å²) in [4.78, 5) is 0. The summed E-state index contributed by atoms with van der Waals surface area (Å²) in [6.07, 6.45) is 1.28. The molecule has 0 aromatic heterocycles. The van der Waals surface area contributed by atoms with Crippen LogP contribution in [0.1, 0.15) is 49.8 Å². The van der Waals surface area contributed by atoms with Gasteiger partial charge in [0.05, 0.1) is 11.7 Å². The van der Waals surface area contributed by atoms with Crippen LogP contribution in [0.5, 0.6) is 0 Å². The Labute approximate surface area is 162 Å². The van der Waals surface area contributed by atoms with E-state index in [1.165, 1.54) is 6.08 Å². The van der Waals surface area contributed by atoms with Crippen LogP contribution in [0.25, 0.3) is 0 Å². The zero-order chi connectivity index (χ0) is 20.9. The van der Waals surface area contributed by atoms with Crippen molar-refractivity contribution in [3.05, 3.63) is 83.4 Å². The molecule has 0 aliphatic carbocycles. The van der Waals surface area contributed by atoms with Gasteiger partial charge in [0.25, 0.3) is 0 Å². The average Bonchev–Trinajstić information content (AvgIpc) is 2.62. The van der Waals surface area contributed by atoms with Crippen LogP contribution in [0, 0.1) is 29.2 Å². The van der Waals surface area contributed by atoms with Crippen molar-refractivity contribution in [3.8, 4) is 0 Å². The van der Waals surface area contributed by atoms with Gasteiger partial charge in [0.2, 0.25) is 0 Å². The van der Waals surface area contributed by atoms with E-state index in [0.717, 1.165) is 24.3 Å². The highest BCUT2D eigenvalue weighted by molar-refractivity contribution is 5.27. The second-order valence-corrected chi connectivity index (χ2v) is 6.97. The third-order valence-corrected chi connectivity index (χ3v) is 4.93. The summed E-state index contributed by atoms with van der Waals surface area (Å²) in [7, 11) is 0. The van der Waals surface area contributed by atoms with Gasteiger partial charge in [0.1, 0.15) is 23.3 Å². The van der Waals surface area contributed by atoms with Gasteiger partial charge in [0, 0.05) is 18.1 Å². The molecule has 0 saturated carbocycles. The van der Waals surface area contributed by atoms with E-state index in [2.05, 4.69) is 6.58 Å². The van der Waals surface area contributed by atoms with Crippen LogP contribution in [0.15, 0.2) is 49.1 Å². The Morgan fingerprint density at radius 2 is 1.43 bits per heavy atom. The van der Waals surface area contributed by atoms with Gasteiger partial charge in [-0.3, -0.25) is 0 Å². The van der Waals surface area contributed by atoms with E-state index in [0.29, 0.717) is 25.0 Å². The van der Waals surface area contributed by atoms with Crippen LogP contribution < -0.4 is 0 Å². The molecule has 152 valence electrons. The molecule has 0 heterocycles. The smallest absolute Gasteiger partial charge is 0.126 e. The van der Waals surface area contributed by atoms with E-state index in [9.17, 15) is 27.8 Å². The molecular formula is C22H24F4O2. The van der Waals surface area contributed by atoms with Crippen molar-refractivity contribution in [3.63, 3.8) is 0 Å². The molecule has 2 N–H and O–H groups in total. The maximum absolute atomic E-state index is 13.8. The van der Waals surface area contributed by atoms with Gasteiger partial charge in [-0.2, -0.15) is 0 Å². The Morgan fingerprint density at radius 1 is 0.929 bits per heavy atom. The highest BCUT2D eigenvalue weighted by Gasteiger charge is 2.37. The first-order valence-corrected chi connectivity index (χ1v) is 9.15. The van der Waals surface area contributed by atoms with Gasteiger partial charge >= 0.3 is 0 Å². The molecule has 0 bridgehead atoms. The fourth-order valence-electron chi connectivity index (χ4n) is 3.50. The first-order valence-electron chi connectivity index (χ1n) is 9.15. The summed E-state index contributed by atoms with van der Waals surface area (Å²) >= 11 is 0. The van der Waals surface area contributed by atoms with Crippen molar-refractivity contribution in [2.45, 2.75) is 44.3 Å². The first kappa shape index (κ1) is 22.1. The molecule has 0 aliphatic rings. The predicted molar refractivity (Wildman–Crippen MR) is 99.4 cm³/mol. The third-order valence-electron chi connectivity index (χ3n) is 4.93. The zero-order valence-electron chi connectivity index (χ0n) is 15.6. The molecular weight excluding hydrogens is 372 g/mol. The Balaban J connectivity index is 2.35. The number of benzene rings is 2. The summed E-state index contributed by atoms with van der Waals surface area (Å²) in [5, 5.41) is 21.7. The Morgan fingerprint density at radius 3 is 1.89 bits per heavy atom. The Kier molecular flexibility index (Phi) is 7.38. The Bertz CT molecular complexity index is 784.